The Labute approximate surface area is 94.2 Å². The Morgan fingerprint density at radius 3 is 2.88 bits per heavy atom. The highest BCUT2D eigenvalue weighted by Gasteiger charge is 2.36. The number of hydrogen-bond acceptors (Lipinski definition) is 2. The van der Waals surface area contributed by atoms with E-state index in [1.807, 2.05) is 36.4 Å². The standard InChI is InChI=1S/C14H12O2/c15-13-7-9-14(8-3-4-10-16-14)12-6-2-1-5-11(12)13/h1-7,9H,8,10H2. The molecule has 16 heavy (non-hydrogen) atoms. The molecule has 1 aliphatic heterocycles. The molecule has 0 saturated carbocycles. The highest BCUT2D eigenvalue weighted by atomic mass is 16.5. The predicted molar refractivity (Wildman–Crippen MR) is 61.3 cm³/mol. The molecule has 1 spiro atoms. The van der Waals surface area contributed by atoms with Crippen LogP contribution in [0.15, 0.2) is 48.6 Å². The second kappa shape index (κ2) is 3.42. The van der Waals surface area contributed by atoms with Crippen molar-refractivity contribution in [2.24, 2.45) is 0 Å². The van der Waals surface area contributed by atoms with E-state index >= 15 is 0 Å². The van der Waals surface area contributed by atoms with Crippen molar-refractivity contribution in [2.45, 2.75) is 12.0 Å². The molecule has 2 nitrogen and oxygen atoms in total. The van der Waals surface area contributed by atoms with Crippen LogP contribution in [0.1, 0.15) is 22.3 Å². The fraction of sp³-hybridized carbons (Fsp3) is 0.214. The molecule has 1 aromatic rings. The number of allylic oxidation sites excluding steroid dienone is 1. The monoisotopic (exact) mass is 212 g/mol. The molecular formula is C14H12O2. The average Bonchev–Trinajstić information content (AvgIpc) is 2.36. The van der Waals surface area contributed by atoms with E-state index in [1.165, 1.54) is 0 Å². The van der Waals surface area contributed by atoms with E-state index in [0.717, 1.165) is 17.5 Å². The number of benzene rings is 1. The zero-order valence-corrected chi connectivity index (χ0v) is 8.85. The van der Waals surface area contributed by atoms with Gasteiger partial charge in [0.15, 0.2) is 5.78 Å². The van der Waals surface area contributed by atoms with Gasteiger partial charge < -0.3 is 4.74 Å². The van der Waals surface area contributed by atoms with Crippen LogP contribution in [0, 0.1) is 0 Å². The molecule has 2 aliphatic rings. The zero-order chi connectivity index (χ0) is 11.0. The maximum atomic E-state index is 11.8. The molecule has 0 saturated heterocycles. The van der Waals surface area contributed by atoms with Crippen molar-refractivity contribution in [1.29, 1.82) is 0 Å². The lowest BCUT2D eigenvalue weighted by Gasteiger charge is -2.35. The molecule has 2 heteroatoms. The fourth-order valence-corrected chi connectivity index (χ4v) is 2.34. The highest BCUT2D eigenvalue weighted by Crippen LogP contribution is 2.38. The summed E-state index contributed by atoms with van der Waals surface area (Å²) in [4.78, 5) is 11.8. The lowest BCUT2D eigenvalue weighted by molar-refractivity contribution is -0.00272. The van der Waals surface area contributed by atoms with E-state index in [-0.39, 0.29) is 5.78 Å². The number of carbonyl (C=O) groups excluding carboxylic acids is 1. The Morgan fingerprint density at radius 2 is 2.06 bits per heavy atom. The molecule has 1 aromatic carbocycles. The molecule has 1 aliphatic carbocycles. The molecular weight excluding hydrogens is 200 g/mol. The number of rotatable bonds is 0. The summed E-state index contributed by atoms with van der Waals surface area (Å²) in [6.07, 6.45) is 8.44. The molecule has 0 N–H and O–H groups in total. The molecule has 1 heterocycles. The molecule has 0 bridgehead atoms. The topological polar surface area (TPSA) is 26.3 Å². The lowest BCUT2D eigenvalue weighted by atomic mass is 9.80. The summed E-state index contributed by atoms with van der Waals surface area (Å²) in [5.41, 5.74) is 1.34. The largest absolute Gasteiger partial charge is 0.362 e. The first-order valence-corrected chi connectivity index (χ1v) is 5.44. The highest BCUT2D eigenvalue weighted by molar-refractivity contribution is 6.07. The summed E-state index contributed by atoms with van der Waals surface area (Å²) in [6.45, 7) is 0.604. The van der Waals surface area contributed by atoms with Crippen molar-refractivity contribution in [3.63, 3.8) is 0 Å². The Kier molecular flexibility index (Phi) is 2.04. The summed E-state index contributed by atoms with van der Waals surface area (Å²) < 4.78 is 5.86. The van der Waals surface area contributed by atoms with E-state index in [1.54, 1.807) is 6.08 Å². The smallest absolute Gasteiger partial charge is 0.186 e. The summed E-state index contributed by atoms with van der Waals surface area (Å²) >= 11 is 0. The van der Waals surface area contributed by atoms with Gasteiger partial charge in [-0.3, -0.25) is 4.79 Å². The van der Waals surface area contributed by atoms with Crippen LogP contribution < -0.4 is 0 Å². The van der Waals surface area contributed by atoms with Crippen LogP contribution in [0.2, 0.25) is 0 Å². The van der Waals surface area contributed by atoms with Gasteiger partial charge in [0, 0.05) is 12.0 Å². The van der Waals surface area contributed by atoms with E-state index in [4.69, 9.17) is 4.74 Å². The van der Waals surface area contributed by atoms with Gasteiger partial charge in [-0.2, -0.15) is 0 Å². The van der Waals surface area contributed by atoms with Gasteiger partial charge in [-0.15, -0.1) is 0 Å². The molecule has 0 radical (unpaired) electrons. The minimum absolute atomic E-state index is 0.0689. The maximum Gasteiger partial charge on any atom is 0.186 e. The van der Waals surface area contributed by atoms with Gasteiger partial charge >= 0.3 is 0 Å². The van der Waals surface area contributed by atoms with Gasteiger partial charge in [0.1, 0.15) is 5.60 Å². The third-order valence-electron chi connectivity index (χ3n) is 3.18. The zero-order valence-electron chi connectivity index (χ0n) is 8.85. The van der Waals surface area contributed by atoms with Crippen LogP contribution in [-0.4, -0.2) is 12.4 Å². The first-order valence-electron chi connectivity index (χ1n) is 5.44. The molecule has 0 amide bonds. The van der Waals surface area contributed by atoms with E-state index in [2.05, 4.69) is 6.08 Å². The maximum absolute atomic E-state index is 11.8. The summed E-state index contributed by atoms with van der Waals surface area (Å²) in [5, 5.41) is 0. The summed E-state index contributed by atoms with van der Waals surface area (Å²) in [5.74, 6) is 0.0689. The Morgan fingerprint density at radius 1 is 1.19 bits per heavy atom. The van der Waals surface area contributed by atoms with Gasteiger partial charge in [-0.25, -0.2) is 0 Å². The Balaban J connectivity index is 2.18. The van der Waals surface area contributed by atoms with Crippen molar-refractivity contribution in [2.75, 3.05) is 6.61 Å². The van der Waals surface area contributed by atoms with Crippen LogP contribution in [0.3, 0.4) is 0 Å². The molecule has 1 unspecified atom stereocenters. The van der Waals surface area contributed by atoms with Crippen LogP contribution in [0.25, 0.3) is 0 Å². The molecule has 1 atom stereocenters. The number of carbonyl (C=O) groups is 1. The van der Waals surface area contributed by atoms with Crippen LogP contribution in [0.4, 0.5) is 0 Å². The van der Waals surface area contributed by atoms with Gasteiger partial charge in [0.05, 0.1) is 6.61 Å². The fourth-order valence-electron chi connectivity index (χ4n) is 2.34. The first kappa shape index (κ1) is 9.55. The molecule has 0 fully saturated rings. The number of ether oxygens (including phenoxy) is 1. The number of ketones is 1. The van der Waals surface area contributed by atoms with Crippen molar-refractivity contribution in [3.8, 4) is 0 Å². The quantitative estimate of drug-likeness (QED) is 0.618. The lowest BCUT2D eigenvalue weighted by Crippen LogP contribution is -2.33. The second-order valence-electron chi connectivity index (χ2n) is 4.12. The summed E-state index contributed by atoms with van der Waals surface area (Å²) in [6, 6.07) is 7.69. The van der Waals surface area contributed by atoms with Gasteiger partial charge in [-0.05, 0) is 17.7 Å². The molecule has 3 rings (SSSR count). The van der Waals surface area contributed by atoms with E-state index < -0.39 is 5.60 Å². The van der Waals surface area contributed by atoms with Crippen molar-refractivity contribution >= 4 is 5.78 Å². The minimum Gasteiger partial charge on any atom is -0.362 e. The van der Waals surface area contributed by atoms with Crippen molar-refractivity contribution in [3.05, 3.63) is 59.7 Å². The van der Waals surface area contributed by atoms with Gasteiger partial charge in [-0.1, -0.05) is 36.4 Å². The normalized spacial score (nSPS) is 27.1. The molecule has 80 valence electrons. The van der Waals surface area contributed by atoms with Crippen LogP contribution in [-0.2, 0) is 10.3 Å². The first-order chi connectivity index (χ1) is 7.82. The van der Waals surface area contributed by atoms with Gasteiger partial charge in [0.25, 0.3) is 0 Å². The third kappa shape index (κ3) is 1.27. The van der Waals surface area contributed by atoms with E-state index in [0.29, 0.717) is 6.61 Å². The third-order valence-corrected chi connectivity index (χ3v) is 3.18. The van der Waals surface area contributed by atoms with Crippen LogP contribution >= 0.6 is 0 Å². The summed E-state index contributed by atoms with van der Waals surface area (Å²) in [7, 11) is 0. The molecule has 0 aromatic heterocycles. The Bertz CT molecular complexity index is 499. The van der Waals surface area contributed by atoms with Crippen molar-refractivity contribution < 1.29 is 9.53 Å². The Hall–Kier alpha value is -1.67. The minimum atomic E-state index is -0.417. The second-order valence-corrected chi connectivity index (χ2v) is 4.12. The average molecular weight is 212 g/mol. The number of fused-ring (bicyclic) bond motifs is 2. The SMILES string of the molecule is O=C1C=CC2(CC=CCO2)c2ccccc21. The van der Waals surface area contributed by atoms with Crippen LogP contribution in [0.5, 0.6) is 0 Å². The number of hydrogen-bond donors (Lipinski definition) is 0. The van der Waals surface area contributed by atoms with Gasteiger partial charge in [0.2, 0.25) is 0 Å². The van der Waals surface area contributed by atoms with Crippen molar-refractivity contribution in [1.82, 2.24) is 0 Å². The predicted octanol–water partition coefficient (Wildman–Crippen LogP) is 2.61. The van der Waals surface area contributed by atoms with E-state index in [9.17, 15) is 4.79 Å².